The highest BCUT2D eigenvalue weighted by atomic mass is 16.5. The van der Waals surface area contributed by atoms with Crippen LogP contribution in [0.4, 0.5) is 0 Å². The standard InChI is InChI=1S/C12H21NO3/c14-9-10-1-5-13(6-2-10)12(15)11-3-7-16-8-4-11/h10-11,14H,1-9H2. The molecule has 0 unspecified atom stereocenters. The lowest BCUT2D eigenvalue weighted by Gasteiger charge is -2.34. The molecule has 0 saturated carbocycles. The molecule has 2 saturated heterocycles. The third kappa shape index (κ3) is 2.74. The summed E-state index contributed by atoms with van der Waals surface area (Å²) in [5.41, 5.74) is 0. The molecule has 2 aliphatic rings. The molecule has 16 heavy (non-hydrogen) atoms. The van der Waals surface area contributed by atoms with Crippen LogP contribution < -0.4 is 0 Å². The fourth-order valence-corrected chi connectivity index (χ4v) is 2.54. The number of ether oxygens (including phenoxy) is 1. The van der Waals surface area contributed by atoms with Gasteiger partial charge in [0.2, 0.25) is 5.91 Å². The smallest absolute Gasteiger partial charge is 0.225 e. The molecule has 2 rings (SSSR count). The van der Waals surface area contributed by atoms with Crippen molar-refractivity contribution in [2.24, 2.45) is 11.8 Å². The van der Waals surface area contributed by atoms with Crippen molar-refractivity contribution in [3.05, 3.63) is 0 Å². The lowest BCUT2D eigenvalue weighted by Crippen LogP contribution is -2.43. The van der Waals surface area contributed by atoms with Gasteiger partial charge in [0.1, 0.15) is 0 Å². The van der Waals surface area contributed by atoms with Gasteiger partial charge in [0, 0.05) is 38.8 Å². The van der Waals surface area contributed by atoms with E-state index in [1.165, 1.54) is 0 Å². The van der Waals surface area contributed by atoms with Crippen molar-refractivity contribution < 1.29 is 14.6 Å². The summed E-state index contributed by atoms with van der Waals surface area (Å²) in [6, 6.07) is 0. The third-order valence-electron chi connectivity index (χ3n) is 3.75. The summed E-state index contributed by atoms with van der Waals surface area (Å²) in [6.07, 6.45) is 3.65. The quantitative estimate of drug-likeness (QED) is 0.753. The average Bonchev–Trinajstić information content (AvgIpc) is 2.39. The second-order valence-corrected chi connectivity index (χ2v) is 4.84. The van der Waals surface area contributed by atoms with E-state index in [2.05, 4.69) is 0 Å². The molecule has 4 nitrogen and oxygen atoms in total. The zero-order valence-electron chi connectivity index (χ0n) is 9.73. The number of rotatable bonds is 2. The summed E-state index contributed by atoms with van der Waals surface area (Å²) in [4.78, 5) is 14.1. The summed E-state index contributed by atoms with van der Waals surface area (Å²) < 4.78 is 5.27. The zero-order chi connectivity index (χ0) is 11.4. The number of carbonyl (C=O) groups excluding carboxylic acids is 1. The number of aliphatic hydroxyl groups excluding tert-OH is 1. The van der Waals surface area contributed by atoms with Gasteiger partial charge in [-0.05, 0) is 31.6 Å². The van der Waals surface area contributed by atoms with Crippen LogP contribution in [-0.4, -0.2) is 48.8 Å². The van der Waals surface area contributed by atoms with Crippen LogP contribution >= 0.6 is 0 Å². The Morgan fingerprint density at radius 1 is 1.19 bits per heavy atom. The molecule has 2 heterocycles. The average molecular weight is 227 g/mol. The van der Waals surface area contributed by atoms with E-state index in [4.69, 9.17) is 9.84 Å². The lowest BCUT2D eigenvalue weighted by atomic mass is 9.94. The molecular weight excluding hydrogens is 206 g/mol. The summed E-state index contributed by atoms with van der Waals surface area (Å²) in [5.74, 6) is 0.887. The fraction of sp³-hybridized carbons (Fsp3) is 0.917. The first-order chi connectivity index (χ1) is 7.81. The first-order valence-electron chi connectivity index (χ1n) is 6.28. The topological polar surface area (TPSA) is 49.8 Å². The molecular formula is C12H21NO3. The lowest BCUT2D eigenvalue weighted by molar-refractivity contribution is -0.140. The van der Waals surface area contributed by atoms with Crippen LogP contribution in [0.25, 0.3) is 0 Å². The first kappa shape index (κ1) is 11.9. The summed E-state index contributed by atoms with van der Waals surface area (Å²) in [7, 11) is 0. The second-order valence-electron chi connectivity index (χ2n) is 4.84. The number of hydrogen-bond acceptors (Lipinski definition) is 3. The fourth-order valence-electron chi connectivity index (χ4n) is 2.54. The van der Waals surface area contributed by atoms with Crippen LogP contribution in [0.2, 0.25) is 0 Å². The molecule has 1 amide bonds. The van der Waals surface area contributed by atoms with Crippen molar-refractivity contribution in [2.45, 2.75) is 25.7 Å². The minimum atomic E-state index is 0.180. The second kappa shape index (κ2) is 5.64. The van der Waals surface area contributed by atoms with E-state index < -0.39 is 0 Å². The van der Waals surface area contributed by atoms with Gasteiger partial charge in [0.25, 0.3) is 0 Å². The highest BCUT2D eigenvalue weighted by Gasteiger charge is 2.28. The maximum atomic E-state index is 12.2. The van der Waals surface area contributed by atoms with E-state index >= 15 is 0 Å². The molecule has 0 spiro atoms. The zero-order valence-corrected chi connectivity index (χ0v) is 9.73. The van der Waals surface area contributed by atoms with Crippen LogP contribution in [0.15, 0.2) is 0 Å². The summed E-state index contributed by atoms with van der Waals surface area (Å²) in [6.45, 7) is 3.36. The van der Waals surface area contributed by atoms with E-state index in [0.29, 0.717) is 11.8 Å². The van der Waals surface area contributed by atoms with Crippen molar-refractivity contribution in [1.29, 1.82) is 0 Å². The number of piperidine rings is 1. The molecule has 0 aliphatic carbocycles. The summed E-state index contributed by atoms with van der Waals surface area (Å²) >= 11 is 0. The van der Waals surface area contributed by atoms with Crippen LogP contribution in [0, 0.1) is 11.8 Å². The molecule has 0 bridgehead atoms. The maximum absolute atomic E-state index is 12.2. The Morgan fingerprint density at radius 2 is 1.81 bits per heavy atom. The number of nitrogens with zero attached hydrogens (tertiary/aromatic N) is 1. The van der Waals surface area contributed by atoms with Crippen molar-refractivity contribution in [3.63, 3.8) is 0 Å². The Hall–Kier alpha value is -0.610. The Kier molecular flexibility index (Phi) is 4.18. The molecule has 0 aromatic heterocycles. The molecule has 92 valence electrons. The van der Waals surface area contributed by atoms with Crippen molar-refractivity contribution >= 4 is 5.91 Å². The molecule has 0 aromatic rings. The number of amides is 1. The van der Waals surface area contributed by atoms with Gasteiger partial charge in [-0.1, -0.05) is 0 Å². The first-order valence-corrected chi connectivity index (χ1v) is 6.28. The SMILES string of the molecule is O=C(C1CCOCC1)N1CCC(CO)CC1. The number of hydrogen-bond donors (Lipinski definition) is 1. The Balaban J connectivity index is 1.81. The predicted octanol–water partition coefficient (Wildman–Crippen LogP) is 0.644. The van der Waals surface area contributed by atoms with Gasteiger partial charge in [-0.15, -0.1) is 0 Å². The Labute approximate surface area is 96.6 Å². The minimum Gasteiger partial charge on any atom is -0.396 e. The molecule has 2 fully saturated rings. The largest absolute Gasteiger partial charge is 0.396 e. The maximum Gasteiger partial charge on any atom is 0.225 e. The Morgan fingerprint density at radius 3 is 2.38 bits per heavy atom. The van der Waals surface area contributed by atoms with Crippen molar-refractivity contribution in [2.75, 3.05) is 32.9 Å². The predicted molar refractivity (Wildman–Crippen MR) is 59.9 cm³/mol. The molecule has 0 radical (unpaired) electrons. The van der Waals surface area contributed by atoms with E-state index in [0.717, 1.165) is 52.0 Å². The van der Waals surface area contributed by atoms with E-state index in [1.54, 1.807) is 0 Å². The van der Waals surface area contributed by atoms with Gasteiger partial charge < -0.3 is 14.7 Å². The van der Waals surface area contributed by atoms with E-state index in [1.807, 2.05) is 4.90 Å². The van der Waals surface area contributed by atoms with Crippen molar-refractivity contribution in [3.8, 4) is 0 Å². The van der Waals surface area contributed by atoms with Crippen LogP contribution in [0.3, 0.4) is 0 Å². The monoisotopic (exact) mass is 227 g/mol. The van der Waals surface area contributed by atoms with Gasteiger partial charge in [-0.2, -0.15) is 0 Å². The number of likely N-dealkylation sites (tertiary alicyclic amines) is 1. The summed E-state index contributed by atoms with van der Waals surface area (Å²) in [5, 5.41) is 9.04. The Bertz CT molecular complexity index is 230. The van der Waals surface area contributed by atoms with Crippen molar-refractivity contribution in [1.82, 2.24) is 4.90 Å². The van der Waals surface area contributed by atoms with Crippen LogP contribution in [0.5, 0.6) is 0 Å². The number of carbonyl (C=O) groups is 1. The highest BCUT2D eigenvalue weighted by molar-refractivity contribution is 5.79. The molecule has 0 aromatic carbocycles. The normalized spacial score (nSPS) is 24.7. The molecule has 0 atom stereocenters. The molecule has 4 heteroatoms. The minimum absolute atomic E-state index is 0.180. The van der Waals surface area contributed by atoms with Gasteiger partial charge in [-0.3, -0.25) is 4.79 Å². The van der Waals surface area contributed by atoms with Gasteiger partial charge in [0.15, 0.2) is 0 Å². The third-order valence-corrected chi connectivity index (χ3v) is 3.75. The van der Waals surface area contributed by atoms with Crippen LogP contribution in [0.1, 0.15) is 25.7 Å². The van der Waals surface area contributed by atoms with Gasteiger partial charge in [0.05, 0.1) is 0 Å². The van der Waals surface area contributed by atoms with Gasteiger partial charge >= 0.3 is 0 Å². The van der Waals surface area contributed by atoms with Gasteiger partial charge in [-0.25, -0.2) is 0 Å². The van der Waals surface area contributed by atoms with Crippen LogP contribution in [-0.2, 0) is 9.53 Å². The van der Waals surface area contributed by atoms with E-state index in [-0.39, 0.29) is 12.5 Å². The van der Waals surface area contributed by atoms with E-state index in [9.17, 15) is 4.79 Å². The molecule has 1 N–H and O–H groups in total. The number of aliphatic hydroxyl groups is 1. The molecule has 2 aliphatic heterocycles. The highest BCUT2D eigenvalue weighted by Crippen LogP contribution is 2.22.